The number of benzene rings is 1. The van der Waals surface area contributed by atoms with Gasteiger partial charge in [0, 0.05) is 68.6 Å². The van der Waals surface area contributed by atoms with Gasteiger partial charge in [0.15, 0.2) is 0 Å². The number of aromatic hydroxyl groups is 1. The summed E-state index contributed by atoms with van der Waals surface area (Å²) in [7, 11) is 2.09. The minimum absolute atomic E-state index is 0.170. The van der Waals surface area contributed by atoms with E-state index in [4.69, 9.17) is 4.74 Å². The Morgan fingerprint density at radius 3 is 2.63 bits per heavy atom. The van der Waals surface area contributed by atoms with E-state index < -0.39 is 11.3 Å². The lowest BCUT2D eigenvalue weighted by molar-refractivity contribution is 0.122. The predicted molar refractivity (Wildman–Crippen MR) is 146 cm³/mol. The van der Waals surface area contributed by atoms with Gasteiger partial charge >= 0.3 is 5.56 Å². The lowest BCUT2D eigenvalue weighted by Crippen LogP contribution is -2.44. The Balaban J connectivity index is 1.28. The number of likely N-dealkylation sites (N-methyl/N-ethyl adjacent to an activating group) is 1. The van der Waals surface area contributed by atoms with Gasteiger partial charge in [0.05, 0.1) is 18.9 Å². The molecule has 2 aliphatic heterocycles. The first-order valence-corrected chi connectivity index (χ1v) is 13.5. The summed E-state index contributed by atoms with van der Waals surface area (Å²) in [5.41, 5.74) is 2.86. The number of nitrogens with zero attached hydrogens (tertiary/aromatic N) is 6. The van der Waals surface area contributed by atoms with Gasteiger partial charge in [0.25, 0.3) is 0 Å². The second-order valence-electron chi connectivity index (χ2n) is 9.70. The van der Waals surface area contributed by atoms with Crippen LogP contribution in [0.4, 0.5) is 15.8 Å². The number of fused-ring (bicyclic) bond motifs is 1. The smallest absolute Gasteiger partial charge is 0.300 e. The summed E-state index contributed by atoms with van der Waals surface area (Å²) in [5.74, 6) is -0.683. The molecule has 2 aliphatic rings. The number of rotatable bonds is 5. The molecule has 0 unspecified atom stereocenters. The van der Waals surface area contributed by atoms with Crippen molar-refractivity contribution in [1.82, 2.24) is 19.3 Å². The largest absolute Gasteiger partial charge is 0.501 e. The Hall–Kier alpha value is -3.54. The Labute approximate surface area is 223 Å². The van der Waals surface area contributed by atoms with E-state index in [-0.39, 0.29) is 11.5 Å². The van der Waals surface area contributed by atoms with Gasteiger partial charge in [0.2, 0.25) is 5.75 Å². The molecule has 0 bridgehead atoms. The van der Waals surface area contributed by atoms with E-state index in [1.165, 1.54) is 21.8 Å². The zero-order valence-electron chi connectivity index (χ0n) is 21.1. The van der Waals surface area contributed by atoms with Crippen molar-refractivity contribution in [3.8, 4) is 16.5 Å². The highest BCUT2D eigenvalue weighted by atomic mass is 32.1. The fourth-order valence-corrected chi connectivity index (χ4v) is 5.92. The molecule has 4 aromatic rings. The number of pyridine rings is 1. The van der Waals surface area contributed by atoms with Gasteiger partial charge in [-0.1, -0.05) is 6.07 Å². The standard InChI is InChI=1S/C27H29FN6O3S/c1-31-6-8-33(9-7-31)22-15-19(28)3-2-18(22)14-21-16-29-26(38-21)24-25(35)27(36)34-17-20(4-5-23(34)30-24)32-10-12-37-13-11-32/h2-5,15-17,35H,6-14H2,1H3. The van der Waals surface area contributed by atoms with Crippen LogP contribution in [0.2, 0.25) is 0 Å². The van der Waals surface area contributed by atoms with E-state index in [2.05, 4.69) is 31.7 Å². The topological polar surface area (TPSA) is 86.4 Å². The summed E-state index contributed by atoms with van der Waals surface area (Å²) in [5, 5.41) is 11.3. The molecule has 198 valence electrons. The van der Waals surface area contributed by atoms with E-state index in [0.29, 0.717) is 30.3 Å². The van der Waals surface area contributed by atoms with Gasteiger partial charge in [-0.3, -0.25) is 9.20 Å². The molecule has 0 amide bonds. The summed E-state index contributed by atoms with van der Waals surface area (Å²) in [6.45, 7) is 6.29. The van der Waals surface area contributed by atoms with Crippen LogP contribution in [0.5, 0.6) is 5.75 Å². The first kappa shape index (κ1) is 24.8. The minimum atomic E-state index is -0.534. The third-order valence-electron chi connectivity index (χ3n) is 7.17. The molecule has 1 aromatic carbocycles. The molecule has 9 nitrogen and oxygen atoms in total. The zero-order chi connectivity index (χ0) is 26.2. The van der Waals surface area contributed by atoms with Crippen LogP contribution >= 0.6 is 11.3 Å². The molecule has 0 saturated carbocycles. The highest BCUT2D eigenvalue weighted by Crippen LogP contribution is 2.32. The Bertz CT molecular complexity index is 1530. The van der Waals surface area contributed by atoms with Crippen LogP contribution < -0.4 is 15.4 Å². The number of hydrogen-bond acceptors (Lipinski definition) is 9. The zero-order valence-corrected chi connectivity index (χ0v) is 22.0. The normalized spacial score (nSPS) is 16.9. The molecule has 3 aromatic heterocycles. The van der Waals surface area contributed by atoms with Gasteiger partial charge in [0.1, 0.15) is 22.2 Å². The molecule has 6 rings (SSSR count). The molecule has 1 N–H and O–H groups in total. The predicted octanol–water partition coefficient (Wildman–Crippen LogP) is 2.84. The number of aromatic nitrogens is 3. The van der Waals surface area contributed by atoms with E-state index in [9.17, 15) is 14.3 Å². The van der Waals surface area contributed by atoms with Crippen LogP contribution in [0.25, 0.3) is 16.3 Å². The quantitative estimate of drug-likeness (QED) is 0.417. The Kier molecular flexibility index (Phi) is 6.73. The highest BCUT2D eigenvalue weighted by molar-refractivity contribution is 7.15. The van der Waals surface area contributed by atoms with Crippen molar-refractivity contribution in [2.45, 2.75) is 6.42 Å². The monoisotopic (exact) mass is 536 g/mol. The fraction of sp³-hybridized carbons (Fsp3) is 0.370. The van der Waals surface area contributed by atoms with Crippen LogP contribution in [0.15, 0.2) is 47.5 Å². The minimum Gasteiger partial charge on any atom is -0.501 e. The van der Waals surface area contributed by atoms with Crippen LogP contribution in [0.3, 0.4) is 0 Å². The number of hydrogen-bond donors (Lipinski definition) is 1. The lowest BCUT2D eigenvalue weighted by Gasteiger charge is -2.35. The molecule has 38 heavy (non-hydrogen) atoms. The van der Waals surface area contributed by atoms with Crippen LogP contribution in [0, 0.1) is 5.82 Å². The number of anilines is 2. The SMILES string of the molecule is CN1CCN(c2cc(F)ccc2Cc2cnc(-c3nc4ccc(N5CCOCC5)cn4c(=O)c3O)s2)CC1. The molecule has 5 heterocycles. The maximum atomic E-state index is 14.2. The maximum absolute atomic E-state index is 14.2. The second-order valence-corrected chi connectivity index (χ2v) is 10.8. The van der Waals surface area contributed by atoms with Crippen LogP contribution in [0.1, 0.15) is 10.4 Å². The average Bonchev–Trinajstić information content (AvgIpc) is 3.41. The third kappa shape index (κ3) is 4.84. The van der Waals surface area contributed by atoms with E-state index in [1.807, 2.05) is 12.1 Å². The van der Waals surface area contributed by atoms with Gasteiger partial charge in [-0.2, -0.15) is 0 Å². The van der Waals surface area contributed by atoms with E-state index in [1.54, 1.807) is 24.5 Å². The van der Waals surface area contributed by atoms with Crippen molar-refractivity contribution in [3.63, 3.8) is 0 Å². The number of morpholine rings is 1. The maximum Gasteiger partial charge on any atom is 0.300 e. The third-order valence-corrected chi connectivity index (χ3v) is 8.18. The van der Waals surface area contributed by atoms with Gasteiger partial charge < -0.3 is 24.5 Å². The highest BCUT2D eigenvalue weighted by Gasteiger charge is 2.21. The lowest BCUT2D eigenvalue weighted by atomic mass is 10.1. The van der Waals surface area contributed by atoms with E-state index >= 15 is 0 Å². The molecule has 0 radical (unpaired) electrons. The van der Waals surface area contributed by atoms with Gasteiger partial charge in [-0.25, -0.2) is 14.4 Å². The number of ether oxygens (including phenoxy) is 1. The van der Waals surface area contributed by atoms with Crippen LogP contribution in [-0.4, -0.2) is 83.9 Å². The summed E-state index contributed by atoms with van der Waals surface area (Å²) in [4.78, 5) is 29.7. The Morgan fingerprint density at radius 2 is 1.84 bits per heavy atom. The summed E-state index contributed by atoms with van der Waals surface area (Å²) < 4.78 is 20.9. The van der Waals surface area contributed by atoms with Crippen molar-refractivity contribution in [3.05, 3.63) is 69.3 Å². The Morgan fingerprint density at radius 1 is 1.05 bits per heavy atom. The molecule has 0 spiro atoms. The number of piperazine rings is 1. The number of halogens is 1. The fourth-order valence-electron chi connectivity index (χ4n) is 4.99. The van der Waals surface area contributed by atoms with Crippen LogP contribution in [-0.2, 0) is 11.2 Å². The molecule has 11 heteroatoms. The molecular formula is C27H29FN6O3S. The summed E-state index contributed by atoms with van der Waals surface area (Å²) >= 11 is 1.37. The van der Waals surface area contributed by atoms with Crippen molar-refractivity contribution < 1.29 is 14.2 Å². The first-order valence-electron chi connectivity index (χ1n) is 12.7. The molecular weight excluding hydrogens is 507 g/mol. The van der Waals surface area contributed by atoms with Gasteiger partial charge in [-0.15, -0.1) is 11.3 Å². The number of thiazole rings is 1. The van der Waals surface area contributed by atoms with Gasteiger partial charge in [-0.05, 0) is 36.9 Å². The second kappa shape index (κ2) is 10.3. The average molecular weight is 537 g/mol. The molecule has 2 fully saturated rings. The van der Waals surface area contributed by atoms with Crippen molar-refractivity contribution in [1.29, 1.82) is 0 Å². The molecule has 0 atom stereocenters. The van der Waals surface area contributed by atoms with Crippen molar-refractivity contribution in [2.24, 2.45) is 0 Å². The summed E-state index contributed by atoms with van der Waals surface area (Å²) in [6.07, 6.45) is 4.01. The molecule has 2 saturated heterocycles. The first-order chi connectivity index (χ1) is 18.5. The summed E-state index contributed by atoms with van der Waals surface area (Å²) in [6, 6.07) is 8.62. The molecule has 0 aliphatic carbocycles. The van der Waals surface area contributed by atoms with E-state index in [0.717, 1.165) is 61.1 Å². The van der Waals surface area contributed by atoms with Crippen molar-refractivity contribution >= 4 is 28.4 Å². The van der Waals surface area contributed by atoms with Crippen molar-refractivity contribution in [2.75, 3.05) is 69.3 Å².